The second-order valence-corrected chi connectivity index (χ2v) is 8.68. The van der Waals surface area contributed by atoms with E-state index in [-0.39, 0.29) is 23.7 Å². The van der Waals surface area contributed by atoms with Gasteiger partial charge in [0.1, 0.15) is 5.82 Å². The first-order valence-corrected chi connectivity index (χ1v) is 10.6. The van der Waals surface area contributed by atoms with Crippen LogP contribution in [0, 0.1) is 5.92 Å². The summed E-state index contributed by atoms with van der Waals surface area (Å²) in [6, 6.07) is 3.81. The minimum absolute atomic E-state index is 0.120. The molecular weight excluding hydrogens is 362 g/mol. The average Bonchev–Trinajstić information content (AvgIpc) is 3.24. The van der Waals surface area contributed by atoms with Gasteiger partial charge in [0.25, 0.3) is 5.91 Å². The lowest BCUT2D eigenvalue weighted by atomic mass is 9.96. The third-order valence-corrected chi connectivity index (χ3v) is 6.68. The molecule has 2 aromatic heterocycles. The van der Waals surface area contributed by atoms with Crippen LogP contribution in [0.1, 0.15) is 52.9 Å². The number of hydrogen-bond donors (Lipinski definition) is 0. The Balaban J connectivity index is 1.31. The lowest BCUT2D eigenvalue weighted by Crippen LogP contribution is -2.41. The Hall–Kier alpha value is -2.22. The van der Waals surface area contributed by atoms with Gasteiger partial charge in [0.2, 0.25) is 5.91 Å². The lowest BCUT2D eigenvalue weighted by Gasteiger charge is -2.33. The van der Waals surface area contributed by atoms with E-state index in [1.807, 2.05) is 27.3 Å². The summed E-state index contributed by atoms with van der Waals surface area (Å²) in [4.78, 5) is 29.7. The number of carbonyl (C=O) groups is 2. The average molecular weight is 385 g/mol. The Kier molecular flexibility index (Phi) is 4.22. The Bertz CT molecular complexity index is 858. The highest BCUT2D eigenvalue weighted by atomic mass is 32.1. The molecule has 4 heterocycles. The quantitative estimate of drug-likeness (QED) is 0.811. The summed E-state index contributed by atoms with van der Waals surface area (Å²) >= 11 is 1.49. The highest BCUT2D eigenvalue weighted by Crippen LogP contribution is 2.33. The summed E-state index contributed by atoms with van der Waals surface area (Å²) < 4.78 is 2.18. The van der Waals surface area contributed by atoms with Crippen molar-refractivity contribution in [3.05, 3.63) is 34.0 Å². The lowest BCUT2D eigenvalue weighted by molar-refractivity contribution is -0.134. The smallest absolute Gasteiger partial charge is 0.263 e. The van der Waals surface area contributed by atoms with Crippen LogP contribution in [-0.4, -0.2) is 56.0 Å². The van der Waals surface area contributed by atoms with Crippen LogP contribution < -0.4 is 0 Å². The van der Waals surface area contributed by atoms with Gasteiger partial charge in [0.05, 0.1) is 11.4 Å². The molecule has 1 aliphatic carbocycles. The molecule has 5 rings (SSSR count). The first-order valence-electron chi connectivity index (χ1n) is 9.74. The third kappa shape index (κ3) is 3.16. The van der Waals surface area contributed by atoms with Crippen LogP contribution in [0.3, 0.4) is 0 Å². The van der Waals surface area contributed by atoms with Crippen LogP contribution in [0.25, 0.3) is 0 Å². The molecule has 3 aliphatic rings. The van der Waals surface area contributed by atoms with Gasteiger partial charge in [0.15, 0.2) is 5.82 Å². The van der Waals surface area contributed by atoms with Gasteiger partial charge in [-0.25, -0.2) is 0 Å². The van der Waals surface area contributed by atoms with Crippen molar-refractivity contribution in [1.29, 1.82) is 0 Å². The zero-order chi connectivity index (χ0) is 18.4. The molecule has 0 N–H and O–H groups in total. The Morgan fingerprint density at radius 1 is 1.07 bits per heavy atom. The molecule has 2 amide bonds. The number of aromatic nitrogens is 3. The monoisotopic (exact) mass is 385 g/mol. The maximum Gasteiger partial charge on any atom is 0.263 e. The second-order valence-electron chi connectivity index (χ2n) is 7.73. The first-order chi connectivity index (χ1) is 13.2. The molecule has 0 bridgehead atoms. The SMILES string of the molecule is O=C(c1cccs1)N1CCCC(c2nnc3n2CCN(C(=O)C2CC2)C3)C1. The van der Waals surface area contributed by atoms with E-state index in [1.165, 1.54) is 11.3 Å². The van der Waals surface area contributed by atoms with Crippen molar-refractivity contribution in [3.8, 4) is 0 Å². The number of fused-ring (bicyclic) bond motifs is 1. The molecule has 0 spiro atoms. The van der Waals surface area contributed by atoms with Crippen LogP contribution in [0.15, 0.2) is 17.5 Å². The minimum Gasteiger partial charge on any atom is -0.337 e. The summed E-state index contributed by atoms with van der Waals surface area (Å²) in [5, 5.41) is 10.8. The number of likely N-dealkylation sites (tertiary alicyclic amines) is 1. The summed E-state index contributed by atoms with van der Waals surface area (Å²) in [6.45, 7) is 3.55. The standard InChI is InChI=1S/C19H23N5O2S/c25-18(13-5-6-13)23-8-9-24-16(12-23)20-21-17(24)14-3-1-7-22(11-14)19(26)15-4-2-10-27-15/h2,4,10,13-14H,1,3,5-9,11-12H2. The van der Waals surface area contributed by atoms with E-state index in [9.17, 15) is 9.59 Å². The molecule has 1 atom stereocenters. The van der Waals surface area contributed by atoms with Gasteiger partial charge in [-0.3, -0.25) is 9.59 Å². The van der Waals surface area contributed by atoms with Crippen molar-refractivity contribution >= 4 is 23.2 Å². The Morgan fingerprint density at radius 2 is 1.96 bits per heavy atom. The molecule has 27 heavy (non-hydrogen) atoms. The van der Waals surface area contributed by atoms with Crippen LogP contribution >= 0.6 is 11.3 Å². The van der Waals surface area contributed by atoms with Crippen molar-refractivity contribution in [2.24, 2.45) is 5.92 Å². The van der Waals surface area contributed by atoms with Crippen LogP contribution in [0.2, 0.25) is 0 Å². The predicted octanol–water partition coefficient (Wildman–Crippen LogP) is 2.11. The largest absolute Gasteiger partial charge is 0.337 e. The van der Waals surface area contributed by atoms with Gasteiger partial charge in [-0.05, 0) is 37.1 Å². The van der Waals surface area contributed by atoms with Gasteiger partial charge in [-0.2, -0.15) is 0 Å². The van der Waals surface area contributed by atoms with Gasteiger partial charge >= 0.3 is 0 Å². The van der Waals surface area contributed by atoms with Crippen LogP contribution in [0.5, 0.6) is 0 Å². The maximum atomic E-state index is 12.7. The fraction of sp³-hybridized carbons (Fsp3) is 0.579. The van der Waals surface area contributed by atoms with Gasteiger partial charge in [0, 0.05) is 38.0 Å². The van der Waals surface area contributed by atoms with E-state index in [0.29, 0.717) is 13.1 Å². The van der Waals surface area contributed by atoms with Crippen molar-refractivity contribution in [3.63, 3.8) is 0 Å². The number of piperidine rings is 1. The molecule has 8 heteroatoms. The van der Waals surface area contributed by atoms with E-state index >= 15 is 0 Å². The molecule has 7 nitrogen and oxygen atoms in total. The van der Waals surface area contributed by atoms with Gasteiger partial charge in [-0.15, -0.1) is 21.5 Å². The minimum atomic E-state index is 0.120. The fourth-order valence-electron chi connectivity index (χ4n) is 4.19. The molecule has 2 aliphatic heterocycles. The van der Waals surface area contributed by atoms with E-state index in [1.54, 1.807) is 0 Å². The van der Waals surface area contributed by atoms with E-state index < -0.39 is 0 Å². The number of carbonyl (C=O) groups excluding carboxylic acids is 2. The zero-order valence-electron chi connectivity index (χ0n) is 15.2. The number of amides is 2. The van der Waals surface area contributed by atoms with Crippen LogP contribution in [0.4, 0.5) is 0 Å². The molecule has 142 valence electrons. The number of rotatable bonds is 3. The highest BCUT2D eigenvalue weighted by molar-refractivity contribution is 7.12. The zero-order valence-corrected chi connectivity index (χ0v) is 16.0. The van der Waals surface area contributed by atoms with Crippen molar-refractivity contribution in [1.82, 2.24) is 24.6 Å². The Morgan fingerprint density at radius 3 is 2.74 bits per heavy atom. The third-order valence-electron chi connectivity index (χ3n) is 5.83. The summed E-state index contributed by atoms with van der Waals surface area (Å²) in [5.74, 6) is 2.72. The van der Waals surface area contributed by atoms with Crippen molar-refractivity contribution < 1.29 is 9.59 Å². The van der Waals surface area contributed by atoms with Gasteiger partial charge in [-0.1, -0.05) is 6.07 Å². The molecule has 2 fully saturated rings. The van der Waals surface area contributed by atoms with E-state index in [2.05, 4.69) is 14.8 Å². The maximum absolute atomic E-state index is 12.7. The summed E-state index contributed by atoms with van der Waals surface area (Å²) in [5.41, 5.74) is 0. The molecule has 1 unspecified atom stereocenters. The second kappa shape index (κ2) is 6.74. The summed E-state index contributed by atoms with van der Waals surface area (Å²) in [6.07, 6.45) is 4.07. The van der Waals surface area contributed by atoms with Crippen LogP contribution in [-0.2, 0) is 17.9 Å². The molecular formula is C19H23N5O2S. The van der Waals surface area contributed by atoms with Gasteiger partial charge < -0.3 is 14.4 Å². The highest BCUT2D eigenvalue weighted by Gasteiger charge is 2.36. The number of thiophene rings is 1. The van der Waals surface area contributed by atoms with Crippen molar-refractivity contribution in [2.45, 2.75) is 44.7 Å². The Labute approximate surface area is 162 Å². The van der Waals surface area contributed by atoms with Crippen molar-refractivity contribution in [2.75, 3.05) is 19.6 Å². The topological polar surface area (TPSA) is 71.3 Å². The molecule has 0 aromatic carbocycles. The van der Waals surface area contributed by atoms with E-state index in [0.717, 1.165) is 61.8 Å². The normalized spacial score (nSPS) is 22.6. The molecule has 0 radical (unpaired) electrons. The summed E-state index contributed by atoms with van der Waals surface area (Å²) in [7, 11) is 0. The first kappa shape index (κ1) is 16.9. The molecule has 1 saturated heterocycles. The van der Waals surface area contributed by atoms with E-state index in [4.69, 9.17) is 0 Å². The fourth-order valence-corrected chi connectivity index (χ4v) is 4.88. The number of nitrogens with zero attached hydrogens (tertiary/aromatic N) is 5. The number of hydrogen-bond acceptors (Lipinski definition) is 5. The predicted molar refractivity (Wildman–Crippen MR) is 100 cm³/mol. The molecule has 2 aromatic rings. The molecule has 1 saturated carbocycles.